The molecular weight excluding hydrogens is 186 g/mol. The van der Waals surface area contributed by atoms with Crippen LogP contribution in [0.15, 0.2) is 6.07 Å². The number of nitrogens with one attached hydrogen (secondary N) is 1. The number of hydrogen-bond donors (Lipinski definition) is 2. The van der Waals surface area contributed by atoms with Gasteiger partial charge < -0.3 is 10.4 Å². The lowest BCUT2D eigenvalue weighted by Crippen LogP contribution is -2.19. The van der Waals surface area contributed by atoms with Crippen LogP contribution in [-0.4, -0.2) is 18.3 Å². The Morgan fingerprint density at radius 3 is 2.07 bits per heavy atom. The van der Waals surface area contributed by atoms with Crippen molar-refractivity contribution in [3.63, 3.8) is 0 Å². The van der Waals surface area contributed by atoms with Crippen LogP contribution in [0.2, 0.25) is 0 Å². The summed E-state index contributed by atoms with van der Waals surface area (Å²) < 4.78 is 0. The van der Waals surface area contributed by atoms with Crippen LogP contribution in [0.1, 0.15) is 27.8 Å². The highest BCUT2D eigenvalue weighted by atomic mass is 16.3. The number of aliphatic hydroxyl groups is 1. The molecule has 0 saturated carbocycles. The zero-order valence-corrected chi connectivity index (χ0v) is 10.1. The van der Waals surface area contributed by atoms with Crippen molar-refractivity contribution in [3.05, 3.63) is 33.9 Å². The topological polar surface area (TPSA) is 32.3 Å². The Labute approximate surface area is 92.3 Å². The van der Waals surface area contributed by atoms with E-state index < -0.39 is 0 Å². The Bertz CT molecular complexity index is 319. The molecule has 0 saturated heterocycles. The molecule has 1 rings (SSSR count). The van der Waals surface area contributed by atoms with Gasteiger partial charge in [0, 0.05) is 13.1 Å². The number of benzene rings is 1. The van der Waals surface area contributed by atoms with Gasteiger partial charge in [0.1, 0.15) is 0 Å². The van der Waals surface area contributed by atoms with Gasteiger partial charge in [-0.25, -0.2) is 0 Å². The molecule has 2 nitrogen and oxygen atoms in total. The van der Waals surface area contributed by atoms with Crippen LogP contribution in [0.5, 0.6) is 0 Å². The van der Waals surface area contributed by atoms with Crippen molar-refractivity contribution in [3.8, 4) is 0 Å². The standard InChI is InChI=1S/C13H21NO/c1-9-7-10(2)12(4)13(11(9)3)8-14-5-6-15/h7,14-15H,5-6,8H2,1-4H3. The Morgan fingerprint density at radius 2 is 1.60 bits per heavy atom. The third kappa shape index (κ3) is 2.80. The maximum atomic E-state index is 8.73. The molecule has 0 spiro atoms. The SMILES string of the molecule is Cc1cc(C)c(C)c(CNCCO)c1C. The molecule has 0 aliphatic carbocycles. The highest BCUT2D eigenvalue weighted by Gasteiger charge is 2.07. The predicted octanol–water partition coefficient (Wildman–Crippen LogP) is 2.00. The van der Waals surface area contributed by atoms with E-state index in [0.717, 1.165) is 6.54 Å². The van der Waals surface area contributed by atoms with Crippen molar-refractivity contribution in [1.29, 1.82) is 0 Å². The summed E-state index contributed by atoms with van der Waals surface area (Å²) in [6.45, 7) is 10.3. The van der Waals surface area contributed by atoms with Crippen molar-refractivity contribution < 1.29 is 5.11 Å². The normalized spacial score (nSPS) is 10.7. The smallest absolute Gasteiger partial charge is 0.0556 e. The molecule has 0 radical (unpaired) electrons. The molecule has 0 aromatic heterocycles. The van der Waals surface area contributed by atoms with Gasteiger partial charge in [-0.05, 0) is 55.5 Å². The molecule has 84 valence electrons. The Hall–Kier alpha value is -0.860. The summed E-state index contributed by atoms with van der Waals surface area (Å²) in [5, 5.41) is 12.0. The second-order valence-electron chi connectivity index (χ2n) is 4.14. The van der Waals surface area contributed by atoms with Crippen LogP contribution in [0.3, 0.4) is 0 Å². The average molecular weight is 207 g/mol. The minimum Gasteiger partial charge on any atom is -0.395 e. The number of aliphatic hydroxyl groups excluding tert-OH is 1. The Kier molecular flexibility index (Phi) is 4.30. The lowest BCUT2D eigenvalue weighted by Gasteiger charge is -2.15. The minimum atomic E-state index is 0.197. The third-order valence-electron chi connectivity index (χ3n) is 3.11. The van der Waals surface area contributed by atoms with Gasteiger partial charge in [-0.15, -0.1) is 0 Å². The van der Waals surface area contributed by atoms with E-state index in [1.807, 2.05) is 0 Å². The Balaban J connectivity index is 2.94. The fourth-order valence-corrected chi connectivity index (χ4v) is 1.86. The highest BCUT2D eigenvalue weighted by Crippen LogP contribution is 2.21. The van der Waals surface area contributed by atoms with E-state index in [9.17, 15) is 0 Å². The maximum Gasteiger partial charge on any atom is 0.0556 e. The first kappa shape index (κ1) is 12.2. The molecule has 0 fully saturated rings. The van der Waals surface area contributed by atoms with Crippen molar-refractivity contribution in [1.82, 2.24) is 5.32 Å². The van der Waals surface area contributed by atoms with Crippen molar-refractivity contribution in [2.75, 3.05) is 13.2 Å². The van der Waals surface area contributed by atoms with Gasteiger partial charge >= 0.3 is 0 Å². The first-order valence-corrected chi connectivity index (χ1v) is 5.45. The molecule has 0 aliphatic heterocycles. The van der Waals surface area contributed by atoms with Crippen LogP contribution >= 0.6 is 0 Å². The maximum absolute atomic E-state index is 8.73. The second-order valence-corrected chi connectivity index (χ2v) is 4.14. The number of aryl methyl sites for hydroxylation is 2. The zero-order chi connectivity index (χ0) is 11.4. The summed E-state index contributed by atoms with van der Waals surface area (Å²) in [6, 6.07) is 2.24. The lowest BCUT2D eigenvalue weighted by atomic mass is 9.94. The largest absolute Gasteiger partial charge is 0.395 e. The molecular formula is C13H21NO. The molecule has 2 N–H and O–H groups in total. The van der Waals surface area contributed by atoms with Crippen molar-refractivity contribution in [2.45, 2.75) is 34.2 Å². The van der Waals surface area contributed by atoms with Crippen LogP contribution in [0.25, 0.3) is 0 Å². The van der Waals surface area contributed by atoms with Gasteiger partial charge in [-0.1, -0.05) is 6.07 Å². The van der Waals surface area contributed by atoms with Gasteiger partial charge in [-0.3, -0.25) is 0 Å². The monoisotopic (exact) mass is 207 g/mol. The van der Waals surface area contributed by atoms with Gasteiger partial charge in [0.25, 0.3) is 0 Å². The van der Waals surface area contributed by atoms with Gasteiger partial charge in [-0.2, -0.15) is 0 Å². The molecule has 1 aromatic carbocycles. The van der Waals surface area contributed by atoms with Gasteiger partial charge in [0.2, 0.25) is 0 Å². The number of rotatable bonds is 4. The van der Waals surface area contributed by atoms with Crippen molar-refractivity contribution >= 4 is 0 Å². The number of hydrogen-bond acceptors (Lipinski definition) is 2. The zero-order valence-electron chi connectivity index (χ0n) is 10.1. The molecule has 2 heteroatoms. The van der Waals surface area contributed by atoms with Crippen LogP contribution in [0.4, 0.5) is 0 Å². The summed E-state index contributed by atoms with van der Waals surface area (Å²) in [6.07, 6.45) is 0. The van der Waals surface area contributed by atoms with Crippen LogP contribution < -0.4 is 5.32 Å². The first-order chi connectivity index (χ1) is 7.07. The molecule has 0 unspecified atom stereocenters. The highest BCUT2D eigenvalue weighted by molar-refractivity contribution is 5.43. The van der Waals surface area contributed by atoms with E-state index in [-0.39, 0.29) is 6.61 Å². The summed E-state index contributed by atoms with van der Waals surface area (Å²) in [4.78, 5) is 0. The fourth-order valence-electron chi connectivity index (χ4n) is 1.86. The van der Waals surface area contributed by atoms with Crippen LogP contribution in [-0.2, 0) is 6.54 Å². The Morgan fingerprint density at radius 1 is 1.07 bits per heavy atom. The van der Waals surface area contributed by atoms with E-state index in [1.165, 1.54) is 27.8 Å². The molecule has 0 atom stereocenters. The van der Waals surface area contributed by atoms with E-state index in [0.29, 0.717) is 6.54 Å². The third-order valence-corrected chi connectivity index (χ3v) is 3.11. The first-order valence-electron chi connectivity index (χ1n) is 5.45. The molecule has 15 heavy (non-hydrogen) atoms. The van der Waals surface area contributed by atoms with E-state index >= 15 is 0 Å². The predicted molar refractivity (Wildman–Crippen MR) is 64.2 cm³/mol. The summed E-state index contributed by atoms with van der Waals surface area (Å²) in [7, 11) is 0. The summed E-state index contributed by atoms with van der Waals surface area (Å²) in [5.74, 6) is 0. The van der Waals surface area contributed by atoms with Crippen molar-refractivity contribution in [2.24, 2.45) is 0 Å². The quantitative estimate of drug-likeness (QED) is 0.740. The average Bonchev–Trinajstić information content (AvgIpc) is 2.20. The van der Waals surface area contributed by atoms with E-state index in [2.05, 4.69) is 39.1 Å². The van der Waals surface area contributed by atoms with Gasteiger partial charge in [0.15, 0.2) is 0 Å². The fraction of sp³-hybridized carbons (Fsp3) is 0.538. The van der Waals surface area contributed by atoms with E-state index in [1.54, 1.807) is 0 Å². The van der Waals surface area contributed by atoms with Crippen LogP contribution in [0, 0.1) is 27.7 Å². The molecule has 0 heterocycles. The lowest BCUT2D eigenvalue weighted by molar-refractivity contribution is 0.292. The van der Waals surface area contributed by atoms with Gasteiger partial charge in [0.05, 0.1) is 6.61 Å². The summed E-state index contributed by atoms with van der Waals surface area (Å²) >= 11 is 0. The summed E-state index contributed by atoms with van der Waals surface area (Å²) in [5.41, 5.74) is 6.80. The molecule has 0 aliphatic rings. The second kappa shape index (κ2) is 5.29. The molecule has 0 amide bonds. The molecule has 1 aromatic rings. The minimum absolute atomic E-state index is 0.197. The van der Waals surface area contributed by atoms with E-state index in [4.69, 9.17) is 5.11 Å². The molecule has 0 bridgehead atoms.